The molecule has 0 bridgehead atoms. The minimum absolute atomic E-state index is 0.221. The van der Waals surface area contributed by atoms with Gasteiger partial charge in [-0.05, 0) is 67.4 Å². The van der Waals surface area contributed by atoms with Gasteiger partial charge in [0.2, 0.25) is 0 Å². The highest BCUT2D eigenvalue weighted by Crippen LogP contribution is 2.12. The van der Waals surface area contributed by atoms with Crippen molar-refractivity contribution in [3.63, 3.8) is 0 Å². The first kappa shape index (κ1) is 18.9. The molecule has 0 heterocycles. The van der Waals surface area contributed by atoms with Gasteiger partial charge in [-0.15, -0.1) is 0 Å². The molecule has 0 radical (unpaired) electrons. The molecule has 0 saturated heterocycles. The number of nitrogens with one attached hydrogen (secondary N) is 3. The molecule has 0 atom stereocenters. The van der Waals surface area contributed by atoms with Crippen molar-refractivity contribution in [3.05, 3.63) is 65.0 Å². The Morgan fingerprint density at radius 1 is 1.12 bits per heavy atom. The number of carbonyl (C=O) groups is 1. The summed E-state index contributed by atoms with van der Waals surface area (Å²) in [6.07, 6.45) is 3.39. The number of hydrazine groups is 1. The molecular formula is C19H22FN3OS. The topological polar surface area (TPSA) is 53.2 Å². The van der Waals surface area contributed by atoms with E-state index in [1.807, 2.05) is 24.3 Å². The first-order valence-electron chi connectivity index (χ1n) is 8.22. The number of carbonyl (C=O) groups excluding carboxylic acids is 1. The van der Waals surface area contributed by atoms with Crippen LogP contribution in [-0.2, 0) is 6.42 Å². The van der Waals surface area contributed by atoms with Crippen LogP contribution in [0.4, 0.5) is 10.1 Å². The number of halogens is 1. The summed E-state index contributed by atoms with van der Waals surface area (Å²) in [6.45, 7) is 3.81. The van der Waals surface area contributed by atoms with E-state index in [2.05, 4.69) is 23.1 Å². The smallest absolute Gasteiger partial charge is 0.269 e. The van der Waals surface area contributed by atoms with E-state index >= 15 is 0 Å². The molecule has 3 N–H and O–H groups in total. The lowest BCUT2D eigenvalue weighted by Gasteiger charge is -2.12. The predicted molar refractivity (Wildman–Crippen MR) is 103 cm³/mol. The Kier molecular flexibility index (Phi) is 6.89. The predicted octanol–water partition coefficient (Wildman–Crippen LogP) is 4.11. The zero-order valence-corrected chi connectivity index (χ0v) is 15.2. The van der Waals surface area contributed by atoms with Crippen molar-refractivity contribution < 1.29 is 9.18 Å². The molecule has 0 aromatic heterocycles. The van der Waals surface area contributed by atoms with Crippen LogP contribution in [0.15, 0.2) is 42.5 Å². The Hall–Kier alpha value is -2.47. The summed E-state index contributed by atoms with van der Waals surface area (Å²) in [4.78, 5) is 12.0. The Morgan fingerprint density at radius 3 is 2.48 bits per heavy atom. The lowest BCUT2D eigenvalue weighted by molar-refractivity contribution is 0.0943. The molecule has 2 aromatic carbocycles. The van der Waals surface area contributed by atoms with Gasteiger partial charge in [0.25, 0.3) is 5.91 Å². The van der Waals surface area contributed by atoms with Crippen LogP contribution in [0.1, 0.15) is 41.3 Å². The quantitative estimate of drug-likeness (QED) is 0.555. The number of hydrogen-bond donors (Lipinski definition) is 3. The molecule has 132 valence electrons. The Balaban J connectivity index is 1.83. The van der Waals surface area contributed by atoms with E-state index in [9.17, 15) is 9.18 Å². The molecule has 25 heavy (non-hydrogen) atoms. The standard InChI is InChI=1S/C19H22FN3OS/c1-3-4-5-14-7-10-16(11-8-14)21-19(25)23-22-18(24)15-9-6-13(2)17(20)12-15/h6-12H,3-5H2,1-2H3,(H,22,24)(H2,21,23,25). The molecule has 6 heteroatoms. The van der Waals surface area contributed by atoms with Gasteiger partial charge in [-0.3, -0.25) is 15.6 Å². The Bertz CT molecular complexity index is 747. The molecule has 0 saturated carbocycles. The summed E-state index contributed by atoms with van der Waals surface area (Å²) in [5.41, 5.74) is 7.87. The molecule has 0 unspecified atom stereocenters. The summed E-state index contributed by atoms with van der Waals surface area (Å²) in [7, 11) is 0. The van der Waals surface area contributed by atoms with Crippen molar-refractivity contribution >= 4 is 28.9 Å². The minimum atomic E-state index is -0.460. The first-order chi connectivity index (χ1) is 12.0. The fourth-order valence-corrected chi connectivity index (χ4v) is 2.39. The average Bonchev–Trinajstić information content (AvgIpc) is 2.61. The number of hydrogen-bond acceptors (Lipinski definition) is 2. The zero-order chi connectivity index (χ0) is 18.2. The van der Waals surface area contributed by atoms with Crippen molar-refractivity contribution in [1.29, 1.82) is 0 Å². The molecule has 0 fully saturated rings. The van der Waals surface area contributed by atoms with Gasteiger partial charge in [-0.2, -0.15) is 0 Å². The fraction of sp³-hybridized carbons (Fsp3) is 0.263. The van der Waals surface area contributed by atoms with Crippen molar-refractivity contribution in [1.82, 2.24) is 10.9 Å². The highest BCUT2D eigenvalue weighted by atomic mass is 32.1. The number of rotatable bonds is 5. The van der Waals surface area contributed by atoms with Crippen LogP contribution < -0.4 is 16.2 Å². The maximum Gasteiger partial charge on any atom is 0.269 e. The summed E-state index contributed by atoms with van der Waals surface area (Å²) >= 11 is 5.14. The highest BCUT2D eigenvalue weighted by molar-refractivity contribution is 7.80. The van der Waals surface area contributed by atoms with E-state index < -0.39 is 11.7 Å². The molecule has 2 rings (SSSR count). The van der Waals surface area contributed by atoms with E-state index in [1.54, 1.807) is 19.1 Å². The van der Waals surface area contributed by atoms with Gasteiger partial charge in [0.05, 0.1) is 0 Å². The van der Waals surface area contributed by atoms with Gasteiger partial charge < -0.3 is 5.32 Å². The first-order valence-corrected chi connectivity index (χ1v) is 8.63. The van der Waals surface area contributed by atoms with E-state index in [0.29, 0.717) is 5.56 Å². The number of aryl methyl sites for hydroxylation is 2. The van der Waals surface area contributed by atoms with Gasteiger partial charge in [0.1, 0.15) is 5.82 Å². The molecular weight excluding hydrogens is 337 g/mol. The van der Waals surface area contributed by atoms with Crippen molar-refractivity contribution in [2.75, 3.05) is 5.32 Å². The van der Waals surface area contributed by atoms with E-state index in [0.717, 1.165) is 12.1 Å². The van der Waals surface area contributed by atoms with E-state index in [4.69, 9.17) is 12.2 Å². The van der Waals surface area contributed by atoms with Crippen LogP contribution in [0.5, 0.6) is 0 Å². The molecule has 0 spiro atoms. The molecule has 2 aromatic rings. The maximum atomic E-state index is 13.5. The maximum absolute atomic E-state index is 13.5. The van der Waals surface area contributed by atoms with Crippen molar-refractivity contribution in [3.8, 4) is 0 Å². The third kappa shape index (κ3) is 5.83. The largest absolute Gasteiger partial charge is 0.331 e. The zero-order valence-electron chi connectivity index (χ0n) is 14.4. The van der Waals surface area contributed by atoms with Gasteiger partial charge in [0.15, 0.2) is 5.11 Å². The molecule has 0 aliphatic heterocycles. The number of thiocarbonyl (C=S) groups is 1. The summed E-state index contributed by atoms with van der Waals surface area (Å²) in [5.74, 6) is -0.880. The second-order valence-electron chi connectivity index (χ2n) is 5.80. The lowest BCUT2D eigenvalue weighted by atomic mass is 10.1. The average molecular weight is 359 g/mol. The number of unbranched alkanes of at least 4 members (excludes halogenated alkanes) is 1. The third-order valence-electron chi connectivity index (χ3n) is 3.75. The summed E-state index contributed by atoms with van der Waals surface area (Å²) < 4.78 is 13.5. The normalized spacial score (nSPS) is 10.2. The number of amides is 1. The van der Waals surface area contributed by atoms with E-state index in [-0.39, 0.29) is 10.7 Å². The molecule has 0 aliphatic rings. The monoisotopic (exact) mass is 359 g/mol. The van der Waals surface area contributed by atoms with Gasteiger partial charge in [-0.25, -0.2) is 4.39 Å². The summed E-state index contributed by atoms with van der Waals surface area (Å²) in [5, 5.41) is 3.24. The Morgan fingerprint density at radius 2 is 1.84 bits per heavy atom. The molecule has 1 amide bonds. The van der Waals surface area contributed by atoms with Gasteiger partial charge >= 0.3 is 0 Å². The van der Waals surface area contributed by atoms with Crippen molar-refractivity contribution in [2.24, 2.45) is 0 Å². The number of benzene rings is 2. The van der Waals surface area contributed by atoms with Crippen LogP contribution in [0.25, 0.3) is 0 Å². The van der Waals surface area contributed by atoms with Crippen LogP contribution >= 0.6 is 12.2 Å². The minimum Gasteiger partial charge on any atom is -0.331 e. The lowest BCUT2D eigenvalue weighted by Crippen LogP contribution is -2.43. The SMILES string of the molecule is CCCCc1ccc(NC(=S)NNC(=O)c2ccc(C)c(F)c2)cc1. The van der Waals surface area contributed by atoms with Gasteiger partial charge in [0, 0.05) is 11.3 Å². The van der Waals surface area contributed by atoms with Crippen LogP contribution in [0.3, 0.4) is 0 Å². The van der Waals surface area contributed by atoms with Crippen LogP contribution in [-0.4, -0.2) is 11.0 Å². The molecule has 0 aliphatic carbocycles. The summed E-state index contributed by atoms with van der Waals surface area (Å²) in [6, 6.07) is 12.3. The molecule has 4 nitrogen and oxygen atoms in total. The number of anilines is 1. The van der Waals surface area contributed by atoms with Gasteiger partial charge in [-0.1, -0.05) is 31.5 Å². The second-order valence-corrected chi connectivity index (χ2v) is 6.21. The Labute approximate surface area is 152 Å². The highest BCUT2D eigenvalue weighted by Gasteiger charge is 2.08. The van der Waals surface area contributed by atoms with Crippen molar-refractivity contribution in [2.45, 2.75) is 33.1 Å². The fourth-order valence-electron chi connectivity index (χ4n) is 2.22. The van der Waals surface area contributed by atoms with E-state index in [1.165, 1.54) is 24.5 Å². The van der Waals surface area contributed by atoms with Crippen LogP contribution in [0, 0.1) is 12.7 Å². The second kappa shape index (κ2) is 9.13. The third-order valence-corrected chi connectivity index (χ3v) is 3.96. The van der Waals surface area contributed by atoms with Crippen LogP contribution in [0.2, 0.25) is 0 Å².